The van der Waals surface area contributed by atoms with E-state index in [1.165, 1.54) is 12.1 Å². The van der Waals surface area contributed by atoms with E-state index in [0.29, 0.717) is 44.2 Å². The number of aromatic nitrogens is 2. The van der Waals surface area contributed by atoms with Crippen LogP contribution >= 0.6 is 0 Å². The first-order valence-corrected chi connectivity index (χ1v) is 10.6. The van der Waals surface area contributed by atoms with Crippen molar-refractivity contribution in [2.45, 2.75) is 38.5 Å². The van der Waals surface area contributed by atoms with E-state index in [0.717, 1.165) is 24.1 Å². The molecule has 2 amide bonds. The number of ether oxygens (including phenoxy) is 2. The molecule has 2 aliphatic rings. The quantitative estimate of drug-likeness (QED) is 0.680. The largest absolute Gasteiger partial charge is 0.433 e. The highest BCUT2D eigenvalue weighted by Crippen LogP contribution is 2.37. The van der Waals surface area contributed by atoms with Gasteiger partial charge >= 0.3 is 12.6 Å². The number of nitrogens with one attached hydrogen (secondary N) is 1. The van der Waals surface area contributed by atoms with Gasteiger partial charge in [-0.2, -0.15) is 13.9 Å². The fraction of sp³-hybridized carbons (Fsp3) is 0.524. The number of nitrogens with two attached hydrogens (primary N) is 1. The molecule has 3 N–H and O–H groups in total. The minimum Gasteiger partial charge on any atom is -0.433 e. The molecule has 1 aromatic heterocycles. The summed E-state index contributed by atoms with van der Waals surface area (Å²) in [5.41, 5.74) is 8.57. The van der Waals surface area contributed by atoms with Crippen LogP contribution in [0.2, 0.25) is 0 Å². The number of benzene rings is 1. The number of nitrogens with zero attached hydrogens (tertiary/aromatic N) is 4. The van der Waals surface area contributed by atoms with Gasteiger partial charge in [-0.15, -0.1) is 0 Å². The number of rotatable bonds is 5. The van der Waals surface area contributed by atoms with Gasteiger partial charge in [-0.25, -0.2) is 4.79 Å². The Labute approximate surface area is 185 Å². The summed E-state index contributed by atoms with van der Waals surface area (Å²) in [5, 5.41) is 7.61. The lowest BCUT2D eigenvalue weighted by atomic mass is 10.0. The smallest absolute Gasteiger partial charge is 0.387 e. The van der Waals surface area contributed by atoms with Crippen LogP contribution in [0.4, 0.5) is 30.8 Å². The molecule has 1 saturated heterocycles. The van der Waals surface area contributed by atoms with E-state index in [1.807, 2.05) is 11.9 Å². The number of hydrogen-bond acceptors (Lipinski definition) is 6. The number of carbonyl (C=O) groups excluding carboxylic acids is 1. The third kappa shape index (κ3) is 4.29. The summed E-state index contributed by atoms with van der Waals surface area (Å²) in [6.07, 6.45) is 2.41. The van der Waals surface area contributed by atoms with E-state index in [9.17, 15) is 13.6 Å². The zero-order chi connectivity index (χ0) is 22.8. The second-order valence-electron chi connectivity index (χ2n) is 7.92. The Morgan fingerprint density at radius 1 is 1.38 bits per heavy atom. The Kier molecular flexibility index (Phi) is 6.35. The van der Waals surface area contributed by atoms with Crippen molar-refractivity contribution in [3.05, 3.63) is 29.5 Å². The summed E-state index contributed by atoms with van der Waals surface area (Å²) in [6.45, 7) is -0.603. The first kappa shape index (κ1) is 22.1. The summed E-state index contributed by atoms with van der Waals surface area (Å²) in [5.74, 6) is 0.585. The molecule has 0 atom stereocenters. The van der Waals surface area contributed by atoms with Gasteiger partial charge in [-0.3, -0.25) is 4.68 Å². The average molecular weight is 450 g/mol. The Morgan fingerprint density at radius 2 is 2.12 bits per heavy atom. The van der Waals surface area contributed by atoms with Gasteiger partial charge in [0, 0.05) is 63.3 Å². The Bertz CT molecular complexity index is 977. The van der Waals surface area contributed by atoms with Crippen LogP contribution in [0.1, 0.15) is 30.1 Å². The lowest BCUT2D eigenvalue weighted by molar-refractivity contribution is -0.0493. The second-order valence-corrected chi connectivity index (χ2v) is 7.92. The molecular weight excluding hydrogens is 422 g/mol. The minimum atomic E-state index is -2.97. The molecular formula is C21H28F2N6O3. The molecule has 0 bridgehead atoms. The lowest BCUT2D eigenvalue weighted by Crippen LogP contribution is -2.41. The number of carbonyl (C=O) groups is 1. The lowest BCUT2D eigenvalue weighted by Gasteiger charge is -2.30. The third-order valence-electron chi connectivity index (χ3n) is 6.02. The van der Waals surface area contributed by atoms with Crippen LogP contribution in [0.25, 0.3) is 0 Å². The number of halogens is 2. The van der Waals surface area contributed by atoms with E-state index >= 15 is 0 Å². The summed E-state index contributed by atoms with van der Waals surface area (Å²) in [6, 6.07) is 4.80. The molecule has 0 spiro atoms. The standard InChI is InChI=1S/C21H28F2N6O3/c1-25-21(30)28-8-5-17-15(12-28)19(26-29(17)13-6-9-31-10-7-13)27(2)14-3-4-16(24)18(11-14)32-20(22)23/h3-4,11,13,20H,5-10,12,24H2,1-2H3,(H,25,30). The van der Waals surface area contributed by atoms with Crippen molar-refractivity contribution in [1.29, 1.82) is 0 Å². The molecule has 1 fully saturated rings. The van der Waals surface area contributed by atoms with Crippen molar-refractivity contribution in [2.24, 2.45) is 0 Å². The molecule has 2 aromatic rings. The molecule has 32 heavy (non-hydrogen) atoms. The summed E-state index contributed by atoms with van der Waals surface area (Å²) in [7, 11) is 3.42. The van der Waals surface area contributed by atoms with Crippen LogP contribution in [-0.2, 0) is 17.7 Å². The van der Waals surface area contributed by atoms with E-state index < -0.39 is 6.61 Å². The van der Waals surface area contributed by atoms with Crippen molar-refractivity contribution in [2.75, 3.05) is 44.5 Å². The maximum absolute atomic E-state index is 12.8. The number of hydrogen-bond donors (Lipinski definition) is 2. The predicted octanol–water partition coefficient (Wildman–Crippen LogP) is 2.88. The maximum Gasteiger partial charge on any atom is 0.387 e. The van der Waals surface area contributed by atoms with Gasteiger partial charge < -0.3 is 30.3 Å². The van der Waals surface area contributed by atoms with Gasteiger partial charge in [0.15, 0.2) is 11.6 Å². The second kappa shape index (κ2) is 9.19. The van der Waals surface area contributed by atoms with Crippen LogP contribution in [0.3, 0.4) is 0 Å². The zero-order valence-corrected chi connectivity index (χ0v) is 18.2. The van der Waals surface area contributed by atoms with Crippen molar-refractivity contribution < 1.29 is 23.0 Å². The molecule has 11 heteroatoms. The Hall–Kier alpha value is -3.08. The molecule has 0 unspecified atom stereocenters. The highest BCUT2D eigenvalue weighted by atomic mass is 19.3. The molecule has 4 rings (SSSR count). The monoisotopic (exact) mass is 450 g/mol. The minimum absolute atomic E-state index is 0.0888. The maximum atomic E-state index is 12.8. The average Bonchev–Trinajstić information content (AvgIpc) is 3.18. The molecule has 0 saturated carbocycles. The molecule has 2 aliphatic heterocycles. The van der Waals surface area contributed by atoms with E-state index in [4.69, 9.17) is 15.6 Å². The van der Waals surface area contributed by atoms with Crippen molar-refractivity contribution in [3.63, 3.8) is 0 Å². The first-order valence-electron chi connectivity index (χ1n) is 10.6. The summed E-state index contributed by atoms with van der Waals surface area (Å²) < 4.78 is 37.7. The number of anilines is 3. The van der Waals surface area contributed by atoms with Crippen molar-refractivity contribution >= 4 is 23.2 Å². The molecule has 0 aliphatic carbocycles. The highest BCUT2D eigenvalue weighted by molar-refractivity contribution is 5.75. The molecule has 9 nitrogen and oxygen atoms in total. The number of urea groups is 1. The summed E-state index contributed by atoms with van der Waals surface area (Å²) >= 11 is 0. The fourth-order valence-corrected chi connectivity index (χ4v) is 4.31. The van der Waals surface area contributed by atoms with Crippen LogP contribution in [-0.4, -0.2) is 61.2 Å². The molecule has 1 aromatic carbocycles. The van der Waals surface area contributed by atoms with Gasteiger partial charge in [-0.05, 0) is 25.0 Å². The first-order chi connectivity index (χ1) is 15.4. The van der Waals surface area contributed by atoms with Crippen molar-refractivity contribution in [1.82, 2.24) is 20.0 Å². The van der Waals surface area contributed by atoms with Gasteiger partial charge in [-0.1, -0.05) is 0 Å². The van der Waals surface area contributed by atoms with Gasteiger partial charge in [0.25, 0.3) is 0 Å². The topological polar surface area (TPSA) is 97.9 Å². The number of nitrogen functional groups attached to an aromatic ring is 1. The number of alkyl halides is 2. The number of amides is 2. The molecule has 3 heterocycles. The summed E-state index contributed by atoms with van der Waals surface area (Å²) in [4.78, 5) is 15.8. The van der Waals surface area contributed by atoms with Crippen LogP contribution in [0, 0.1) is 0 Å². The van der Waals surface area contributed by atoms with E-state index in [1.54, 1.807) is 18.0 Å². The zero-order valence-electron chi connectivity index (χ0n) is 18.2. The van der Waals surface area contributed by atoms with Crippen LogP contribution in [0.5, 0.6) is 5.75 Å². The molecule has 174 valence electrons. The number of fused-ring (bicyclic) bond motifs is 1. The third-order valence-corrected chi connectivity index (χ3v) is 6.02. The fourth-order valence-electron chi connectivity index (χ4n) is 4.31. The Morgan fingerprint density at radius 3 is 2.81 bits per heavy atom. The van der Waals surface area contributed by atoms with Gasteiger partial charge in [0.2, 0.25) is 0 Å². The Balaban J connectivity index is 1.73. The van der Waals surface area contributed by atoms with Gasteiger partial charge in [0.1, 0.15) is 0 Å². The highest BCUT2D eigenvalue weighted by Gasteiger charge is 2.32. The van der Waals surface area contributed by atoms with Crippen molar-refractivity contribution in [3.8, 4) is 5.75 Å². The van der Waals surface area contributed by atoms with Crippen LogP contribution in [0.15, 0.2) is 18.2 Å². The molecule has 0 radical (unpaired) electrons. The van der Waals surface area contributed by atoms with Crippen LogP contribution < -0.4 is 20.7 Å². The van der Waals surface area contributed by atoms with E-state index in [-0.39, 0.29) is 23.5 Å². The van der Waals surface area contributed by atoms with Gasteiger partial charge in [0.05, 0.1) is 18.3 Å². The van der Waals surface area contributed by atoms with E-state index in [2.05, 4.69) is 14.7 Å². The normalized spacial score (nSPS) is 16.7. The SMILES string of the molecule is CNC(=O)N1CCc2c(c(N(C)c3ccc(N)c(OC(F)F)c3)nn2C2CCOCC2)C1. The predicted molar refractivity (Wildman–Crippen MR) is 115 cm³/mol.